The highest BCUT2D eigenvalue weighted by Gasteiger charge is 2.24. The van der Waals surface area contributed by atoms with E-state index in [1.807, 2.05) is 12.1 Å². The minimum Gasteiger partial charge on any atom is -0.395 e. The highest BCUT2D eigenvalue weighted by atomic mass is 32.2. The Bertz CT molecular complexity index is 1100. The second-order valence-electron chi connectivity index (χ2n) is 8.95. The van der Waals surface area contributed by atoms with Crippen molar-refractivity contribution in [3.05, 3.63) is 42.0 Å². The van der Waals surface area contributed by atoms with E-state index in [1.54, 1.807) is 24.3 Å². The van der Waals surface area contributed by atoms with E-state index in [-0.39, 0.29) is 11.7 Å². The number of sulfonamides is 1. The van der Waals surface area contributed by atoms with Gasteiger partial charge in [0.05, 0.1) is 29.3 Å². The number of nitrogens with zero attached hydrogens (tertiary/aromatic N) is 2. The van der Waals surface area contributed by atoms with Gasteiger partial charge in [-0.05, 0) is 55.5 Å². The molecule has 4 heterocycles. The molecule has 1 aromatic heterocycles. The molecule has 0 radical (unpaired) electrons. The van der Waals surface area contributed by atoms with Crippen LogP contribution < -0.4 is 20.3 Å². The summed E-state index contributed by atoms with van der Waals surface area (Å²) in [5.41, 5.74) is 1.53. The standard InChI is InChI=1S/C24H33N5O4S/c30-15-16-34(32,33)28-19-8-9-20-21(17-19)29-13-10-18(11-14-29)5-2-1-3-12-25-22-6-4-7-23(26-22)27-24(20)31/h4,6-9,17-18,28,30H,1-3,5,10-16H2,(H2,25,26,27,31). The summed E-state index contributed by atoms with van der Waals surface area (Å²) < 4.78 is 26.9. The van der Waals surface area contributed by atoms with Crippen LogP contribution in [-0.2, 0) is 10.0 Å². The van der Waals surface area contributed by atoms with Crippen LogP contribution in [0.5, 0.6) is 0 Å². The average molecular weight is 488 g/mol. The second-order valence-corrected chi connectivity index (χ2v) is 10.8. The van der Waals surface area contributed by atoms with Crippen LogP contribution >= 0.6 is 0 Å². The largest absolute Gasteiger partial charge is 0.395 e. The van der Waals surface area contributed by atoms with E-state index >= 15 is 0 Å². The molecular weight excluding hydrogens is 454 g/mol. The first-order valence-electron chi connectivity index (χ1n) is 12.0. The first-order valence-corrected chi connectivity index (χ1v) is 13.6. The molecule has 9 nitrogen and oxygen atoms in total. The minimum absolute atomic E-state index is 0.296. The Morgan fingerprint density at radius 3 is 2.65 bits per heavy atom. The number of anilines is 4. The van der Waals surface area contributed by atoms with Crippen molar-refractivity contribution < 1.29 is 18.3 Å². The topological polar surface area (TPSA) is 124 Å². The molecule has 0 spiro atoms. The summed E-state index contributed by atoms with van der Waals surface area (Å²) in [6.07, 6.45) is 6.74. The van der Waals surface area contributed by atoms with E-state index in [2.05, 4.69) is 25.2 Å². The maximum atomic E-state index is 13.3. The van der Waals surface area contributed by atoms with Gasteiger partial charge in [0.15, 0.2) is 0 Å². The lowest BCUT2D eigenvalue weighted by Crippen LogP contribution is -2.35. The Labute approximate surface area is 201 Å². The van der Waals surface area contributed by atoms with Crippen molar-refractivity contribution in [1.82, 2.24) is 4.98 Å². The van der Waals surface area contributed by atoms with E-state index in [9.17, 15) is 13.2 Å². The molecular formula is C24H33N5O4S. The maximum absolute atomic E-state index is 13.3. The molecule has 1 amide bonds. The molecule has 0 atom stereocenters. The summed E-state index contributed by atoms with van der Waals surface area (Å²) in [4.78, 5) is 19.9. The lowest BCUT2D eigenvalue weighted by Gasteiger charge is -2.35. The van der Waals surface area contributed by atoms with Crippen LogP contribution in [-0.4, -0.2) is 56.4 Å². The first-order chi connectivity index (χ1) is 16.4. The number of carbonyl (C=O) groups is 1. The van der Waals surface area contributed by atoms with Crippen LogP contribution in [0.25, 0.3) is 0 Å². The summed E-state index contributed by atoms with van der Waals surface area (Å²) in [6, 6.07) is 10.4. The number of pyridine rings is 1. The predicted molar refractivity (Wildman–Crippen MR) is 135 cm³/mol. The molecule has 1 aromatic carbocycles. The van der Waals surface area contributed by atoms with E-state index in [0.717, 1.165) is 44.7 Å². The molecule has 1 saturated heterocycles. The van der Waals surface area contributed by atoms with Crippen molar-refractivity contribution in [3.63, 3.8) is 0 Å². The van der Waals surface area contributed by atoms with Crippen molar-refractivity contribution in [2.45, 2.75) is 38.5 Å². The summed E-state index contributed by atoms with van der Waals surface area (Å²) >= 11 is 0. The fourth-order valence-electron chi connectivity index (χ4n) is 4.60. The number of amides is 1. The molecule has 3 aliphatic rings. The molecule has 5 rings (SSSR count). The van der Waals surface area contributed by atoms with Gasteiger partial charge >= 0.3 is 0 Å². The van der Waals surface area contributed by atoms with Gasteiger partial charge < -0.3 is 20.6 Å². The summed E-state index contributed by atoms with van der Waals surface area (Å²) in [7, 11) is -3.67. The molecule has 4 bridgehead atoms. The van der Waals surface area contributed by atoms with Crippen LogP contribution in [0.1, 0.15) is 48.9 Å². The third kappa shape index (κ3) is 6.38. The highest BCUT2D eigenvalue weighted by Crippen LogP contribution is 2.32. The number of aliphatic hydroxyl groups is 1. The number of benzene rings is 1. The van der Waals surface area contributed by atoms with Crippen molar-refractivity contribution in [3.8, 4) is 0 Å². The van der Waals surface area contributed by atoms with Crippen LogP contribution in [0.15, 0.2) is 36.4 Å². The molecule has 0 unspecified atom stereocenters. The normalized spacial score (nSPS) is 17.9. The van der Waals surface area contributed by atoms with Crippen LogP contribution in [0.3, 0.4) is 0 Å². The summed E-state index contributed by atoms with van der Waals surface area (Å²) in [5, 5.41) is 15.3. The Morgan fingerprint density at radius 2 is 1.85 bits per heavy atom. The quantitative estimate of drug-likeness (QED) is 0.522. The van der Waals surface area contributed by atoms with E-state index in [1.165, 1.54) is 19.3 Å². The SMILES string of the molecule is O=C1Nc2cccc(n2)NCCCCCC2CCN(CC2)c2cc(NS(=O)(=O)CCO)ccc21. The number of nitrogens with one attached hydrogen (secondary N) is 3. The fourth-order valence-corrected chi connectivity index (χ4v) is 5.43. The Morgan fingerprint density at radius 1 is 1.06 bits per heavy atom. The zero-order valence-electron chi connectivity index (χ0n) is 19.3. The first kappa shape index (κ1) is 24.3. The second kappa shape index (κ2) is 11.1. The monoisotopic (exact) mass is 487 g/mol. The van der Waals surface area contributed by atoms with Gasteiger partial charge in [-0.15, -0.1) is 0 Å². The zero-order chi connectivity index (χ0) is 24.0. The highest BCUT2D eigenvalue weighted by molar-refractivity contribution is 7.92. The summed E-state index contributed by atoms with van der Waals surface area (Å²) in [6.45, 7) is 2.01. The Balaban J connectivity index is 1.65. The average Bonchev–Trinajstić information content (AvgIpc) is 2.81. The Hall–Kier alpha value is -2.85. The van der Waals surface area contributed by atoms with E-state index in [4.69, 9.17) is 5.11 Å². The maximum Gasteiger partial charge on any atom is 0.258 e. The number of hydrogen-bond donors (Lipinski definition) is 4. The van der Waals surface area contributed by atoms with Gasteiger partial charge in [0.1, 0.15) is 11.6 Å². The molecule has 1 fully saturated rings. The number of carbonyl (C=O) groups excluding carboxylic acids is 1. The molecule has 0 aliphatic carbocycles. The van der Waals surface area contributed by atoms with Gasteiger partial charge in [0.2, 0.25) is 10.0 Å². The molecule has 4 N–H and O–H groups in total. The minimum atomic E-state index is -3.67. The summed E-state index contributed by atoms with van der Waals surface area (Å²) in [5.74, 6) is 1.17. The van der Waals surface area contributed by atoms with Crippen molar-refractivity contribution in [1.29, 1.82) is 0 Å². The van der Waals surface area contributed by atoms with Gasteiger partial charge in [-0.2, -0.15) is 0 Å². The van der Waals surface area contributed by atoms with Gasteiger partial charge in [-0.1, -0.05) is 25.3 Å². The zero-order valence-corrected chi connectivity index (χ0v) is 20.1. The van der Waals surface area contributed by atoms with Crippen molar-refractivity contribution >= 4 is 38.9 Å². The van der Waals surface area contributed by atoms with Crippen molar-refractivity contribution in [2.75, 3.05) is 52.2 Å². The van der Waals surface area contributed by atoms with E-state index in [0.29, 0.717) is 28.7 Å². The molecule has 0 saturated carbocycles. The third-order valence-electron chi connectivity index (χ3n) is 6.42. The number of aliphatic hydroxyl groups excluding tert-OH is 1. The third-order valence-corrected chi connectivity index (χ3v) is 7.68. The number of piperidine rings is 1. The molecule has 34 heavy (non-hydrogen) atoms. The lowest BCUT2D eigenvalue weighted by atomic mass is 9.90. The lowest BCUT2D eigenvalue weighted by molar-refractivity contribution is 0.102. The number of fused-ring (bicyclic) bond motifs is 8. The van der Waals surface area contributed by atoms with Gasteiger partial charge in [-0.3, -0.25) is 9.52 Å². The molecule has 2 aromatic rings. The van der Waals surface area contributed by atoms with Crippen LogP contribution in [0.4, 0.5) is 23.0 Å². The molecule has 184 valence electrons. The van der Waals surface area contributed by atoms with E-state index < -0.39 is 16.6 Å². The van der Waals surface area contributed by atoms with Gasteiger partial charge in [-0.25, -0.2) is 13.4 Å². The predicted octanol–water partition coefficient (Wildman–Crippen LogP) is 3.27. The van der Waals surface area contributed by atoms with Crippen LogP contribution in [0.2, 0.25) is 0 Å². The molecule has 3 aliphatic heterocycles. The fraction of sp³-hybridized carbons (Fsp3) is 0.500. The number of rotatable bonds is 4. The molecule has 10 heteroatoms. The van der Waals surface area contributed by atoms with Gasteiger partial charge in [0.25, 0.3) is 5.91 Å². The number of aromatic nitrogens is 1. The Kier molecular flexibility index (Phi) is 7.89. The van der Waals surface area contributed by atoms with Gasteiger partial charge in [0, 0.05) is 19.6 Å². The smallest absolute Gasteiger partial charge is 0.258 e. The number of hydrogen-bond acceptors (Lipinski definition) is 7. The van der Waals surface area contributed by atoms with Crippen LogP contribution in [0, 0.1) is 5.92 Å². The van der Waals surface area contributed by atoms with Crippen molar-refractivity contribution in [2.24, 2.45) is 5.92 Å².